The van der Waals surface area contributed by atoms with Crippen LogP contribution in [0.2, 0.25) is 0 Å². The molecule has 2 aliphatic heterocycles. The molecule has 0 aliphatic carbocycles. The summed E-state index contributed by atoms with van der Waals surface area (Å²) in [6.45, 7) is -6.44. The lowest BCUT2D eigenvalue weighted by atomic mass is 9.94. The Balaban J connectivity index is 1.46. The van der Waals surface area contributed by atoms with Crippen molar-refractivity contribution in [2.24, 2.45) is 0 Å². The number of methoxy groups -OCH3 is 1. The number of hydrogen-bond donors (Lipinski definition) is 9. The molecule has 4 heterocycles. The summed E-state index contributed by atoms with van der Waals surface area (Å²) in [4.78, 5) is 32.7. The van der Waals surface area contributed by atoms with E-state index in [4.69, 9.17) is 47.8 Å². The van der Waals surface area contributed by atoms with Crippen LogP contribution in [0.3, 0.4) is 0 Å². The molecule has 7 unspecified atom stereocenters. The fourth-order valence-electron chi connectivity index (χ4n) is 4.50. The number of hydrogen-bond acceptors (Lipinski definition) is 18. The van der Waals surface area contributed by atoms with Gasteiger partial charge in [-0.05, 0) is 11.8 Å². The molecule has 2 aliphatic rings. The Morgan fingerprint density at radius 2 is 1.91 bits per heavy atom. The Morgan fingerprint density at radius 1 is 1.21 bits per heavy atom. The highest BCUT2D eigenvalue weighted by Gasteiger charge is 2.58. The predicted octanol–water partition coefficient (Wildman–Crippen LogP) is -3.79. The number of rotatable bonds is 11. The number of imidazole rings is 1. The summed E-state index contributed by atoms with van der Waals surface area (Å²) in [7, 11) is -4.28. The summed E-state index contributed by atoms with van der Waals surface area (Å²) in [5.74, 6) is 2.38. The van der Waals surface area contributed by atoms with Gasteiger partial charge in [0.05, 0.1) is 19.5 Å². The van der Waals surface area contributed by atoms with E-state index in [1.807, 2.05) is 0 Å². The standard InChI is InChI=1S/C20H29N5O15P2S/c1-3-20(35-2)15(31)9(37-19(20)25-7-24-10-16(21)22-6-23-17(10)25)5-36-42(34,43)40-41(32,33)39-18-13(30)11(28)12(29)14(38-18)8(27)4-26/h1,6-9,11-15,18-19,26-31H,4-5H2,2H3,(H,32,33)(H,34,43)(H2,21,22,23)/t8-,9+,11?,12?,13?,14?,15+,18?,19+,20+,42?/m0/s1. The van der Waals surface area contributed by atoms with Gasteiger partial charge in [-0.25, -0.2) is 23.8 Å². The monoisotopic (exact) mass is 673 g/mol. The topological polar surface area (TPSA) is 304 Å². The number of aliphatic hydroxyl groups is 6. The Kier molecular flexibility index (Phi) is 10.2. The minimum atomic E-state index is -5.48. The van der Waals surface area contributed by atoms with Gasteiger partial charge in [0, 0.05) is 7.11 Å². The number of fused-ring (bicyclic) bond motifs is 1. The number of nitrogen functional groups attached to an aromatic ring is 1. The van der Waals surface area contributed by atoms with Gasteiger partial charge in [-0.1, -0.05) is 5.92 Å². The van der Waals surface area contributed by atoms with Gasteiger partial charge in [0.1, 0.15) is 54.6 Å². The van der Waals surface area contributed by atoms with E-state index >= 15 is 0 Å². The second kappa shape index (κ2) is 12.9. The molecule has 20 nitrogen and oxygen atoms in total. The second-order valence-corrected chi connectivity index (χ2v) is 13.7. The quantitative estimate of drug-likeness (QED) is 0.0816. The SMILES string of the molecule is C#C[C@@]1(OC)[C@H](O)[C@@H](COP(O)(=S)OP(=O)(O)OC2OC([C@@H](O)CO)C(O)C(O)C2O)O[C@H]1n1cnc2c(N)ncnc21. The largest absolute Gasteiger partial charge is 0.481 e. The fourth-order valence-corrected chi connectivity index (χ4v) is 7.60. The highest BCUT2D eigenvalue weighted by atomic mass is 32.5. The first-order chi connectivity index (χ1) is 20.1. The summed E-state index contributed by atoms with van der Waals surface area (Å²) in [6.07, 6.45) is -8.08. The van der Waals surface area contributed by atoms with Gasteiger partial charge in [-0.2, -0.15) is 0 Å². The third-order valence-electron chi connectivity index (χ3n) is 6.68. The molecule has 12 atom stereocenters. The Morgan fingerprint density at radius 3 is 2.53 bits per heavy atom. The Hall–Kier alpha value is -1.77. The maximum atomic E-state index is 12.6. The van der Waals surface area contributed by atoms with Crippen molar-refractivity contribution in [3.05, 3.63) is 12.7 Å². The summed E-state index contributed by atoms with van der Waals surface area (Å²) in [5.41, 5.74) is 4.34. The van der Waals surface area contributed by atoms with Crippen molar-refractivity contribution in [2.45, 2.75) is 60.8 Å². The minimum absolute atomic E-state index is 0.0524. The summed E-state index contributed by atoms with van der Waals surface area (Å²) >= 11 is 4.78. The molecule has 2 saturated heterocycles. The fraction of sp³-hybridized carbons (Fsp3) is 0.650. The molecule has 0 spiro atoms. The van der Waals surface area contributed by atoms with Crippen molar-refractivity contribution in [1.82, 2.24) is 19.5 Å². The molecule has 0 aromatic carbocycles. The zero-order chi connectivity index (χ0) is 31.9. The van der Waals surface area contributed by atoms with E-state index in [0.717, 1.165) is 6.33 Å². The van der Waals surface area contributed by atoms with Gasteiger partial charge in [0.2, 0.25) is 5.60 Å². The maximum Gasteiger partial charge on any atom is 0.481 e. The van der Waals surface area contributed by atoms with Crippen molar-refractivity contribution >= 4 is 43.3 Å². The van der Waals surface area contributed by atoms with Crippen molar-refractivity contribution < 1.29 is 72.6 Å². The van der Waals surface area contributed by atoms with E-state index in [2.05, 4.69) is 29.7 Å². The molecular formula is C20H29N5O15P2S. The van der Waals surface area contributed by atoms with Crippen molar-refractivity contribution in [3.8, 4) is 12.3 Å². The highest BCUT2D eigenvalue weighted by Crippen LogP contribution is 2.62. The molecule has 23 heteroatoms. The molecule has 0 bridgehead atoms. The minimum Gasteiger partial charge on any atom is -0.394 e. The van der Waals surface area contributed by atoms with Crippen molar-refractivity contribution in [1.29, 1.82) is 0 Å². The number of phosphoric ester groups is 1. The van der Waals surface area contributed by atoms with Crippen LogP contribution in [0.5, 0.6) is 0 Å². The lowest BCUT2D eigenvalue weighted by Crippen LogP contribution is -2.61. The molecule has 2 aromatic heterocycles. The molecule has 2 aromatic rings. The Bertz CT molecular complexity index is 1450. The van der Waals surface area contributed by atoms with Crippen molar-refractivity contribution in [2.75, 3.05) is 26.1 Å². The first kappa shape index (κ1) is 34.1. The zero-order valence-corrected chi connectivity index (χ0v) is 24.6. The molecule has 240 valence electrons. The Labute approximate surface area is 247 Å². The molecule has 4 rings (SSSR count). The van der Waals surface area contributed by atoms with E-state index in [1.165, 1.54) is 18.0 Å². The molecule has 0 radical (unpaired) electrons. The van der Waals surface area contributed by atoms with Crippen LogP contribution in [0.25, 0.3) is 11.2 Å². The number of terminal acetylenes is 1. The highest BCUT2D eigenvalue weighted by molar-refractivity contribution is 8.08. The second-order valence-electron chi connectivity index (χ2n) is 9.31. The van der Waals surface area contributed by atoms with Gasteiger partial charge < -0.3 is 64.9 Å². The van der Waals surface area contributed by atoms with Gasteiger partial charge in [-0.3, -0.25) is 9.09 Å². The van der Waals surface area contributed by atoms with E-state index in [0.29, 0.717) is 0 Å². The molecule has 43 heavy (non-hydrogen) atoms. The van der Waals surface area contributed by atoms with Crippen molar-refractivity contribution in [3.63, 3.8) is 0 Å². The summed E-state index contributed by atoms with van der Waals surface area (Å²) in [6, 6.07) is 0. The number of aliphatic hydroxyl groups excluding tert-OH is 6. The zero-order valence-electron chi connectivity index (χ0n) is 21.9. The van der Waals surface area contributed by atoms with Crippen LogP contribution < -0.4 is 5.73 Å². The number of anilines is 1. The van der Waals surface area contributed by atoms with Gasteiger partial charge in [-0.15, -0.1) is 6.42 Å². The van der Waals surface area contributed by atoms with Crippen LogP contribution in [0.15, 0.2) is 12.7 Å². The van der Waals surface area contributed by atoms with E-state index < -0.39 is 88.6 Å². The lowest BCUT2D eigenvalue weighted by molar-refractivity contribution is -0.292. The number of nitrogens with zero attached hydrogens (tertiary/aromatic N) is 4. The predicted molar refractivity (Wildman–Crippen MR) is 142 cm³/mol. The molecule has 0 amide bonds. The smallest absolute Gasteiger partial charge is 0.394 e. The van der Waals surface area contributed by atoms with Gasteiger partial charge in [0.25, 0.3) is 0 Å². The molecule has 0 saturated carbocycles. The third kappa shape index (κ3) is 6.62. The van der Waals surface area contributed by atoms with Crippen LogP contribution in [0.1, 0.15) is 6.23 Å². The average Bonchev–Trinajstić information content (AvgIpc) is 3.50. The average molecular weight is 673 g/mol. The number of aromatic nitrogens is 4. The third-order valence-corrected chi connectivity index (χ3v) is 10.2. The number of nitrogens with two attached hydrogens (primary N) is 1. The first-order valence-electron chi connectivity index (χ1n) is 12.1. The summed E-state index contributed by atoms with van der Waals surface area (Å²) < 4.78 is 44.6. The molecule has 2 fully saturated rings. The first-order valence-corrected chi connectivity index (χ1v) is 16.2. The normalized spacial score (nSPS) is 36.6. The number of phosphoric acid groups is 1. The van der Waals surface area contributed by atoms with E-state index in [1.54, 1.807) is 0 Å². The van der Waals surface area contributed by atoms with Gasteiger partial charge >= 0.3 is 14.5 Å². The van der Waals surface area contributed by atoms with Crippen LogP contribution in [-0.2, 0) is 43.9 Å². The van der Waals surface area contributed by atoms with E-state index in [9.17, 15) is 39.9 Å². The van der Waals surface area contributed by atoms with E-state index in [-0.39, 0.29) is 17.0 Å². The molecular weight excluding hydrogens is 644 g/mol. The van der Waals surface area contributed by atoms with Crippen LogP contribution in [0, 0.1) is 12.3 Å². The lowest BCUT2D eigenvalue weighted by Gasteiger charge is -2.41. The summed E-state index contributed by atoms with van der Waals surface area (Å²) in [5, 5.41) is 60.0. The molecule has 10 N–H and O–H groups in total. The number of ether oxygens (including phenoxy) is 3. The van der Waals surface area contributed by atoms with Gasteiger partial charge in [0.15, 0.2) is 24.0 Å². The van der Waals surface area contributed by atoms with Crippen LogP contribution >= 0.6 is 14.5 Å². The van der Waals surface area contributed by atoms with Crippen LogP contribution in [0.4, 0.5) is 5.82 Å². The van der Waals surface area contributed by atoms with Crippen LogP contribution in [-0.4, -0.2) is 135 Å². The maximum absolute atomic E-state index is 12.6.